The number of nitrogens with zero attached hydrogens (tertiary/aromatic N) is 1. The summed E-state index contributed by atoms with van der Waals surface area (Å²) >= 11 is 0. The first-order valence-electron chi connectivity index (χ1n) is 7.76. The Morgan fingerprint density at radius 3 is 2.58 bits per heavy atom. The molecule has 3 nitrogen and oxygen atoms in total. The van der Waals surface area contributed by atoms with Crippen molar-refractivity contribution in [3.63, 3.8) is 0 Å². The van der Waals surface area contributed by atoms with Gasteiger partial charge in [0.05, 0.1) is 6.04 Å². The van der Waals surface area contributed by atoms with Crippen molar-refractivity contribution in [3.8, 4) is 11.4 Å². The summed E-state index contributed by atoms with van der Waals surface area (Å²) in [6.07, 6.45) is 2.04. The molecule has 0 bridgehead atoms. The van der Waals surface area contributed by atoms with Crippen LogP contribution in [0, 0.1) is 0 Å². The molecular formula is C19H16F2N2O. The number of hydrogen-bond donors (Lipinski definition) is 1. The second kappa shape index (κ2) is 6.09. The minimum Gasteiger partial charge on any atom is -0.435 e. The van der Waals surface area contributed by atoms with E-state index in [-0.39, 0.29) is 11.8 Å². The summed E-state index contributed by atoms with van der Waals surface area (Å²) in [5, 5.41) is 3.55. The van der Waals surface area contributed by atoms with Gasteiger partial charge in [0.1, 0.15) is 5.75 Å². The normalized spacial score (nSPS) is 16.4. The van der Waals surface area contributed by atoms with Crippen molar-refractivity contribution >= 4 is 0 Å². The lowest BCUT2D eigenvalue weighted by Gasteiger charge is -2.18. The molecule has 4 rings (SSSR count). The highest BCUT2D eigenvalue weighted by atomic mass is 19.3. The van der Waals surface area contributed by atoms with Crippen molar-refractivity contribution < 1.29 is 13.5 Å². The van der Waals surface area contributed by atoms with Gasteiger partial charge in [-0.05, 0) is 41.5 Å². The van der Waals surface area contributed by atoms with Crippen LogP contribution in [0.25, 0.3) is 5.69 Å². The Morgan fingerprint density at radius 2 is 1.79 bits per heavy atom. The van der Waals surface area contributed by atoms with Gasteiger partial charge < -0.3 is 14.6 Å². The lowest BCUT2D eigenvalue weighted by molar-refractivity contribution is -0.0498. The molecule has 1 atom stereocenters. The summed E-state index contributed by atoms with van der Waals surface area (Å²) in [7, 11) is 0. The van der Waals surface area contributed by atoms with Gasteiger partial charge in [0.25, 0.3) is 0 Å². The van der Waals surface area contributed by atoms with Crippen LogP contribution in [-0.4, -0.2) is 11.2 Å². The molecule has 2 heterocycles. The van der Waals surface area contributed by atoms with Crippen LogP contribution in [0.2, 0.25) is 0 Å². The summed E-state index contributed by atoms with van der Waals surface area (Å²) in [5.41, 5.74) is 4.49. The van der Waals surface area contributed by atoms with E-state index in [1.54, 1.807) is 12.1 Å². The molecule has 0 radical (unpaired) electrons. The number of alkyl halides is 2. The molecule has 0 saturated carbocycles. The quantitative estimate of drug-likeness (QED) is 0.778. The van der Waals surface area contributed by atoms with E-state index in [4.69, 9.17) is 0 Å². The first kappa shape index (κ1) is 14.9. The van der Waals surface area contributed by atoms with E-state index in [9.17, 15) is 8.78 Å². The number of halogens is 2. The summed E-state index contributed by atoms with van der Waals surface area (Å²) in [4.78, 5) is 0. The lowest BCUT2D eigenvalue weighted by Crippen LogP contribution is -2.21. The van der Waals surface area contributed by atoms with Crippen LogP contribution in [0.15, 0.2) is 66.9 Å². The molecule has 1 aliphatic heterocycles. The van der Waals surface area contributed by atoms with E-state index in [0.29, 0.717) is 0 Å². The minimum atomic E-state index is -2.81. The van der Waals surface area contributed by atoms with Gasteiger partial charge in [0.15, 0.2) is 0 Å². The van der Waals surface area contributed by atoms with Crippen LogP contribution in [0.4, 0.5) is 8.78 Å². The molecule has 2 aromatic carbocycles. The second-order valence-electron chi connectivity index (χ2n) is 5.69. The van der Waals surface area contributed by atoms with Crippen molar-refractivity contribution in [3.05, 3.63) is 83.7 Å². The van der Waals surface area contributed by atoms with Crippen LogP contribution in [0.3, 0.4) is 0 Å². The van der Waals surface area contributed by atoms with Crippen molar-refractivity contribution in [1.82, 2.24) is 9.88 Å². The summed E-state index contributed by atoms with van der Waals surface area (Å²) in [6, 6.07) is 19.1. The van der Waals surface area contributed by atoms with Crippen LogP contribution in [-0.2, 0) is 6.54 Å². The molecule has 5 heteroatoms. The van der Waals surface area contributed by atoms with Crippen LogP contribution in [0.5, 0.6) is 5.75 Å². The molecule has 0 unspecified atom stereocenters. The summed E-state index contributed by atoms with van der Waals surface area (Å²) in [5.74, 6) is 0.168. The molecule has 0 saturated heterocycles. The van der Waals surface area contributed by atoms with Gasteiger partial charge in [-0.15, -0.1) is 0 Å². The molecule has 122 valence electrons. The van der Waals surface area contributed by atoms with Gasteiger partial charge >= 0.3 is 6.61 Å². The minimum absolute atomic E-state index is 0.0204. The molecule has 3 aromatic rings. The van der Waals surface area contributed by atoms with Gasteiger partial charge in [0.2, 0.25) is 0 Å². The largest absolute Gasteiger partial charge is 0.435 e. The number of aromatic nitrogens is 1. The average molecular weight is 326 g/mol. The Balaban J connectivity index is 1.71. The number of nitrogens with one attached hydrogen (secondary N) is 1. The number of benzene rings is 2. The number of para-hydroxylation sites is 1. The van der Waals surface area contributed by atoms with E-state index in [0.717, 1.165) is 23.5 Å². The zero-order valence-electron chi connectivity index (χ0n) is 12.8. The standard InChI is InChI=1S/C19H16F2N2O/c20-19(21)24-15-9-7-13(8-10-15)18-17-6-3-11-23(17)16-5-2-1-4-14(16)12-22-18/h1-11,18-19,22H,12H2/t18-/m1/s1. The third kappa shape index (κ3) is 2.67. The van der Waals surface area contributed by atoms with Gasteiger partial charge in [-0.1, -0.05) is 30.3 Å². The molecule has 1 aliphatic rings. The van der Waals surface area contributed by atoms with Crippen molar-refractivity contribution in [2.24, 2.45) is 0 Å². The van der Waals surface area contributed by atoms with Gasteiger partial charge in [-0.3, -0.25) is 0 Å². The molecule has 1 aromatic heterocycles. The summed E-state index contributed by atoms with van der Waals surface area (Å²) < 4.78 is 31.2. The van der Waals surface area contributed by atoms with Gasteiger partial charge in [-0.25, -0.2) is 0 Å². The third-order valence-corrected chi connectivity index (χ3v) is 4.26. The SMILES string of the molecule is FC(F)Oc1ccc([C@H]2NCc3ccccc3-n3cccc32)cc1. The maximum Gasteiger partial charge on any atom is 0.387 e. The van der Waals surface area contributed by atoms with Crippen molar-refractivity contribution in [1.29, 1.82) is 0 Å². The smallest absolute Gasteiger partial charge is 0.387 e. The molecule has 1 N–H and O–H groups in total. The fraction of sp³-hybridized carbons (Fsp3) is 0.158. The number of rotatable bonds is 3. The molecule has 0 fully saturated rings. The Labute approximate surface area is 138 Å². The maximum absolute atomic E-state index is 12.3. The number of hydrogen-bond acceptors (Lipinski definition) is 2. The molecule has 0 spiro atoms. The van der Waals surface area contributed by atoms with Gasteiger partial charge in [0, 0.05) is 24.1 Å². The zero-order chi connectivity index (χ0) is 16.5. The first-order valence-corrected chi connectivity index (χ1v) is 7.76. The number of ether oxygens (including phenoxy) is 1. The van der Waals surface area contributed by atoms with Crippen LogP contribution < -0.4 is 10.1 Å². The van der Waals surface area contributed by atoms with E-state index in [1.807, 2.05) is 36.5 Å². The predicted molar refractivity (Wildman–Crippen MR) is 87.5 cm³/mol. The topological polar surface area (TPSA) is 26.2 Å². The highest BCUT2D eigenvalue weighted by Crippen LogP contribution is 2.31. The van der Waals surface area contributed by atoms with Crippen molar-refractivity contribution in [2.75, 3.05) is 0 Å². The third-order valence-electron chi connectivity index (χ3n) is 4.26. The monoisotopic (exact) mass is 326 g/mol. The molecular weight excluding hydrogens is 310 g/mol. The van der Waals surface area contributed by atoms with E-state index in [2.05, 4.69) is 32.8 Å². The Bertz CT molecular complexity index is 843. The van der Waals surface area contributed by atoms with E-state index in [1.165, 1.54) is 5.56 Å². The van der Waals surface area contributed by atoms with E-state index >= 15 is 0 Å². The predicted octanol–water partition coefficient (Wildman–Crippen LogP) is 4.27. The fourth-order valence-electron chi connectivity index (χ4n) is 3.19. The lowest BCUT2D eigenvalue weighted by atomic mass is 10.0. The maximum atomic E-state index is 12.3. The fourth-order valence-corrected chi connectivity index (χ4v) is 3.19. The van der Waals surface area contributed by atoms with E-state index < -0.39 is 6.61 Å². The first-order chi connectivity index (χ1) is 11.7. The van der Waals surface area contributed by atoms with Crippen LogP contribution >= 0.6 is 0 Å². The molecule has 0 amide bonds. The second-order valence-corrected chi connectivity index (χ2v) is 5.69. The molecule has 24 heavy (non-hydrogen) atoms. The number of fused-ring (bicyclic) bond motifs is 3. The van der Waals surface area contributed by atoms with Gasteiger partial charge in [-0.2, -0.15) is 8.78 Å². The zero-order valence-corrected chi connectivity index (χ0v) is 12.8. The van der Waals surface area contributed by atoms with Crippen LogP contribution in [0.1, 0.15) is 22.9 Å². The summed E-state index contributed by atoms with van der Waals surface area (Å²) in [6.45, 7) is -2.07. The Morgan fingerprint density at radius 1 is 1.00 bits per heavy atom. The van der Waals surface area contributed by atoms with Crippen molar-refractivity contribution in [2.45, 2.75) is 19.2 Å². The highest BCUT2D eigenvalue weighted by Gasteiger charge is 2.22. The average Bonchev–Trinajstić information content (AvgIpc) is 3.00. The Kier molecular flexibility index (Phi) is 3.78. The highest BCUT2D eigenvalue weighted by molar-refractivity contribution is 5.47. The Hall–Kier alpha value is -2.66. The molecule has 0 aliphatic carbocycles.